The van der Waals surface area contributed by atoms with Crippen molar-refractivity contribution >= 4 is 28.8 Å². The molecule has 0 amide bonds. The first-order valence-electron chi connectivity index (χ1n) is 15.6. The van der Waals surface area contributed by atoms with Gasteiger partial charge in [-0.1, -0.05) is 36.9 Å². The second-order valence-corrected chi connectivity index (χ2v) is 11.8. The van der Waals surface area contributed by atoms with Crippen molar-refractivity contribution in [3.8, 4) is 5.75 Å². The fraction of sp³-hybridized carbons (Fsp3) is 0.441. The summed E-state index contributed by atoms with van der Waals surface area (Å²) < 4.78 is 5.88. The third-order valence-electron chi connectivity index (χ3n) is 9.08. The number of rotatable bonds is 10. The number of methoxy groups -OCH3 is 1. The Hall–Kier alpha value is -3.99. The molecule has 3 aliphatic rings. The Morgan fingerprint density at radius 3 is 2.55 bits per heavy atom. The van der Waals surface area contributed by atoms with Crippen molar-refractivity contribution in [2.75, 3.05) is 75.3 Å². The Morgan fingerprint density at radius 1 is 1.05 bits per heavy atom. The van der Waals surface area contributed by atoms with E-state index in [1.54, 1.807) is 7.11 Å². The molecule has 0 radical (unpaired) electrons. The molecule has 1 aromatic heterocycles. The number of benzene rings is 2. The van der Waals surface area contributed by atoms with Gasteiger partial charge < -0.3 is 19.9 Å². The first kappa shape index (κ1) is 30.1. The van der Waals surface area contributed by atoms with Crippen LogP contribution in [0.4, 0.5) is 23.0 Å². The number of nitrogens with one attached hydrogen (secondary N) is 1. The predicted octanol–water partition coefficient (Wildman–Crippen LogP) is 4.63. The second kappa shape index (κ2) is 13.8. The van der Waals surface area contributed by atoms with Crippen LogP contribution in [0.2, 0.25) is 0 Å². The number of allylic oxidation sites excluding steroid dienone is 1. The number of carbonyl (C=O) groups is 1. The molecule has 1 N–H and O–H groups in total. The molecule has 10 nitrogen and oxygen atoms in total. The van der Waals surface area contributed by atoms with Gasteiger partial charge in [-0.25, -0.2) is 15.0 Å². The molecule has 6 rings (SSSR count). The second-order valence-electron chi connectivity index (χ2n) is 11.8. The molecular weight excluding hydrogens is 554 g/mol. The van der Waals surface area contributed by atoms with Gasteiger partial charge >= 0.3 is 0 Å². The van der Waals surface area contributed by atoms with E-state index in [4.69, 9.17) is 9.57 Å². The van der Waals surface area contributed by atoms with E-state index in [1.807, 2.05) is 35.4 Å². The van der Waals surface area contributed by atoms with Gasteiger partial charge in [0, 0.05) is 76.0 Å². The molecule has 1 atom stereocenters. The Kier molecular flexibility index (Phi) is 9.40. The van der Waals surface area contributed by atoms with E-state index >= 15 is 0 Å². The van der Waals surface area contributed by atoms with Gasteiger partial charge in [0.15, 0.2) is 11.6 Å². The summed E-state index contributed by atoms with van der Waals surface area (Å²) in [6.07, 6.45) is 6.29. The molecular formula is C34H43N7O3. The Bertz CT molecular complexity index is 1440. The number of hydrogen-bond acceptors (Lipinski definition) is 10. The van der Waals surface area contributed by atoms with Gasteiger partial charge in [0.05, 0.1) is 25.4 Å². The maximum atomic E-state index is 12.6. The largest absolute Gasteiger partial charge is 0.494 e. The number of ketones is 1. The molecule has 0 unspecified atom stereocenters. The van der Waals surface area contributed by atoms with Gasteiger partial charge in [0.1, 0.15) is 17.9 Å². The first-order chi connectivity index (χ1) is 21.5. The summed E-state index contributed by atoms with van der Waals surface area (Å²) in [5.74, 6) is 1.96. The van der Waals surface area contributed by atoms with Crippen molar-refractivity contribution in [2.24, 2.45) is 0 Å². The van der Waals surface area contributed by atoms with Crippen LogP contribution in [0.3, 0.4) is 0 Å². The summed E-state index contributed by atoms with van der Waals surface area (Å²) in [6, 6.07) is 17.0. The molecule has 232 valence electrons. The molecule has 3 aliphatic heterocycles. The lowest BCUT2D eigenvalue weighted by atomic mass is 9.98. The zero-order valence-electron chi connectivity index (χ0n) is 25.8. The summed E-state index contributed by atoms with van der Waals surface area (Å²) in [7, 11) is 3.87. The minimum Gasteiger partial charge on any atom is -0.494 e. The summed E-state index contributed by atoms with van der Waals surface area (Å²) in [4.78, 5) is 35.1. The smallest absolute Gasteiger partial charge is 0.159 e. The maximum Gasteiger partial charge on any atom is 0.159 e. The van der Waals surface area contributed by atoms with Gasteiger partial charge in [-0.3, -0.25) is 14.5 Å². The number of hydroxylamine groups is 1. The number of aromatic nitrogens is 2. The molecule has 3 saturated heterocycles. The quantitative estimate of drug-likeness (QED) is 0.334. The molecule has 0 aliphatic carbocycles. The minimum atomic E-state index is -0.0165. The number of hydrogen-bond donors (Lipinski definition) is 1. The van der Waals surface area contributed by atoms with Crippen molar-refractivity contribution in [1.82, 2.24) is 19.8 Å². The molecule has 44 heavy (non-hydrogen) atoms. The van der Waals surface area contributed by atoms with Gasteiger partial charge in [0.25, 0.3) is 0 Å². The van der Waals surface area contributed by atoms with Crippen molar-refractivity contribution in [1.29, 1.82) is 0 Å². The average Bonchev–Trinajstić information content (AvgIpc) is 3.56. The maximum absolute atomic E-state index is 12.6. The lowest BCUT2D eigenvalue weighted by Gasteiger charge is -2.43. The van der Waals surface area contributed by atoms with Crippen LogP contribution in [0, 0.1) is 0 Å². The van der Waals surface area contributed by atoms with E-state index < -0.39 is 0 Å². The van der Waals surface area contributed by atoms with Crippen molar-refractivity contribution in [2.45, 2.75) is 37.8 Å². The van der Waals surface area contributed by atoms with Crippen LogP contribution < -0.4 is 20.0 Å². The third kappa shape index (κ3) is 6.72. The molecule has 3 aromatic rings. The summed E-state index contributed by atoms with van der Waals surface area (Å²) >= 11 is 0. The standard InChI is InChI=1S/C34H43N7O3/c1-4-28(42)20-26-21-29(32(43-3)22-31(26)40-13-10-27(11-14-40)39-17-15-38(2)16-18-39)37-33-23-34(36-24-35-33)41-30(12-19-44-41)25-8-6-5-7-9-25/h4-9,21-24,27,30H,1,10-20H2,2-3H3,(H,35,36,37)/t30-/m1/s1. The third-order valence-corrected chi connectivity index (χ3v) is 9.08. The monoisotopic (exact) mass is 597 g/mol. The van der Waals surface area contributed by atoms with Crippen molar-refractivity contribution in [3.05, 3.63) is 78.6 Å². The Morgan fingerprint density at radius 2 is 1.82 bits per heavy atom. The van der Waals surface area contributed by atoms with Gasteiger partial charge in [-0.2, -0.15) is 0 Å². The average molecular weight is 598 g/mol. The van der Waals surface area contributed by atoms with E-state index in [9.17, 15) is 4.79 Å². The first-order valence-corrected chi connectivity index (χ1v) is 15.6. The highest BCUT2D eigenvalue weighted by atomic mass is 16.7. The lowest BCUT2D eigenvalue weighted by molar-refractivity contribution is -0.114. The number of piperidine rings is 1. The van der Waals surface area contributed by atoms with Crippen LogP contribution in [-0.4, -0.2) is 91.6 Å². The van der Waals surface area contributed by atoms with E-state index in [0.717, 1.165) is 75.5 Å². The topological polar surface area (TPSA) is 86.3 Å². The van der Waals surface area contributed by atoms with Crippen LogP contribution in [0.25, 0.3) is 0 Å². The van der Waals surface area contributed by atoms with E-state index in [1.165, 1.54) is 18.0 Å². The zero-order valence-corrected chi connectivity index (χ0v) is 25.8. The highest BCUT2D eigenvalue weighted by Crippen LogP contribution is 2.38. The summed E-state index contributed by atoms with van der Waals surface area (Å²) in [5.41, 5.74) is 3.90. The number of carbonyl (C=O) groups excluding carboxylic acids is 1. The summed E-state index contributed by atoms with van der Waals surface area (Å²) in [5, 5.41) is 5.30. The Labute approximate surface area is 260 Å². The van der Waals surface area contributed by atoms with Gasteiger partial charge in [-0.15, -0.1) is 0 Å². The van der Waals surface area contributed by atoms with Crippen LogP contribution >= 0.6 is 0 Å². The number of piperazine rings is 1. The lowest BCUT2D eigenvalue weighted by Crippen LogP contribution is -2.52. The van der Waals surface area contributed by atoms with Crippen LogP contribution in [-0.2, 0) is 16.1 Å². The van der Waals surface area contributed by atoms with Crippen LogP contribution in [0.15, 0.2) is 67.5 Å². The molecule has 0 saturated carbocycles. The molecule has 2 aromatic carbocycles. The molecule has 0 spiro atoms. The molecule has 3 fully saturated rings. The molecule has 4 heterocycles. The van der Waals surface area contributed by atoms with E-state index in [0.29, 0.717) is 30.0 Å². The predicted molar refractivity (Wildman–Crippen MR) is 174 cm³/mol. The minimum absolute atomic E-state index is 0.0165. The fourth-order valence-electron chi connectivity index (χ4n) is 6.58. The SMILES string of the molecule is C=CC(=O)Cc1cc(Nc2cc(N3OCC[C@@H]3c3ccccc3)ncn2)c(OC)cc1N1CCC(N2CCN(C)CC2)CC1. The normalized spacial score (nSPS) is 20.1. The van der Waals surface area contributed by atoms with Crippen LogP contribution in [0.5, 0.6) is 5.75 Å². The highest BCUT2D eigenvalue weighted by Gasteiger charge is 2.30. The van der Waals surface area contributed by atoms with Crippen LogP contribution in [0.1, 0.15) is 36.4 Å². The van der Waals surface area contributed by atoms with E-state index in [2.05, 4.69) is 61.8 Å². The van der Waals surface area contributed by atoms with Gasteiger partial charge in [-0.05, 0) is 43.2 Å². The van der Waals surface area contributed by atoms with Crippen molar-refractivity contribution < 1.29 is 14.4 Å². The van der Waals surface area contributed by atoms with Gasteiger partial charge in [0.2, 0.25) is 0 Å². The molecule has 0 bridgehead atoms. The molecule has 10 heteroatoms. The highest BCUT2D eigenvalue weighted by molar-refractivity contribution is 5.92. The number of nitrogens with zero attached hydrogens (tertiary/aromatic N) is 6. The zero-order chi connectivity index (χ0) is 30.5. The summed E-state index contributed by atoms with van der Waals surface area (Å²) in [6.45, 7) is 10.8. The number of ether oxygens (including phenoxy) is 1. The van der Waals surface area contributed by atoms with Crippen molar-refractivity contribution in [3.63, 3.8) is 0 Å². The number of likely N-dealkylation sites (N-methyl/N-ethyl adjacent to an activating group) is 1. The Balaban J connectivity index is 1.22. The van der Waals surface area contributed by atoms with E-state index in [-0.39, 0.29) is 18.2 Å². The fourth-order valence-corrected chi connectivity index (χ4v) is 6.58. The number of anilines is 4.